The van der Waals surface area contributed by atoms with Crippen LogP contribution in [0.5, 0.6) is 0 Å². The molecule has 140 valence electrons. The van der Waals surface area contributed by atoms with Gasteiger partial charge in [-0.05, 0) is 69.1 Å². The molecule has 3 fully saturated rings. The fraction of sp³-hybridized carbons (Fsp3) is 0.857. The number of carbonyl (C=O) groups is 1. The number of Topliss-reactive ketones (excluding diaryl/α,β-unsaturated/α-hetero) is 1. The summed E-state index contributed by atoms with van der Waals surface area (Å²) in [5.41, 5.74) is -0.370. The quantitative estimate of drug-likeness (QED) is 0.637. The predicted molar refractivity (Wildman–Crippen MR) is 94.7 cm³/mol. The summed E-state index contributed by atoms with van der Waals surface area (Å²) in [5.74, 6) is 0.155. The summed E-state index contributed by atoms with van der Waals surface area (Å²) >= 11 is 0. The Bertz CT molecular complexity index is 627. The zero-order valence-electron chi connectivity index (χ0n) is 15.7. The highest BCUT2D eigenvalue weighted by atomic mass is 16.3. The molecule has 3 saturated carbocycles. The second-order valence-electron chi connectivity index (χ2n) is 9.69. The maximum atomic E-state index is 12.2. The Kier molecular flexibility index (Phi) is 3.82. The zero-order chi connectivity index (χ0) is 18.2. The standard InChI is InChI=1S/C21H32O4/c1-12(22)17-11-18(24)21(25)16-5-4-13-10-14(23)6-8-19(13,2)15(16)7-9-20(17,21)3/h4,14-18,23-25H,5-11H2,1-3H3/t14-,15+,16-,17+,18-,19-,20+,21+/m0/s1. The summed E-state index contributed by atoms with van der Waals surface area (Å²) in [6.07, 6.45) is 6.56. The Labute approximate surface area is 150 Å². The van der Waals surface area contributed by atoms with Gasteiger partial charge in [0.1, 0.15) is 5.78 Å². The van der Waals surface area contributed by atoms with Crippen molar-refractivity contribution in [3.63, 3.8) is 0 Å². The minimum absolute atomic E-state index is 0.00501. The van der Waals surface area contributed by atoms with Gasteiger partial charge in [0.2, 0.25) is 0 Å². The van der Waals surface area contributed by atoms with Crippen LogP contribution in [0.1, 0.15) is 65.7 Å². The molecular weight excluding hydrogens is 316 g/mol. The molecule has 0 saturated heterocycles. The van der Waals surface area contributed by atoms with Crippen molar-refractivity contribution >= 4 is 5.78 Å². The van der Waals surface area contributed by atoms with Gasteiger partial charge in [-0.1, -0.05) is 25.5 Å². The van der Waals surface area contributed by atoms with Crippen LogP contribution >= 0.6 is 0 Å². The Hall–Kier alpha value is -0.710. The molecule has 3 N–H and O–H groups in total. The molecule has 0 aromatic heterocycles. The van der Waals surface area contributed by atoms with Crippen molar-refractivity contribution < 1.29 is 20.1 Å². The molecule has 4 aliphatic carbocycles. The Morgan fingerprint density at radius 3 is 2.56 bits per heavy atom. The van der Waals surface area contributed by atoms with E-state index in [0.717, 1.165) is 38.5 Å². The van der Waals surface area contributed by atoms with Crippen molar-refractivity contribution in [1.82, 2.24) is 0 Å². The Morgan fingerprint density at radius 2 is 1.88 bits per heavy atom. The largest absolute Gasteiger partial charge is 0.393 e. The van der Waals surface area contributed by atoms with Crippen LogP contribution in [0.15, 0.2) is 11.6 Å². The lowest BCUT2D eigenvalue weighted by Gasteiger charge is -2.61. The summed E-state index contributed by atoms with van der Waals surface area (Å²) in [5, 5.41) is 32.8. The Morgan fingerprint density at radius 1 is 1.16 bits per heavy atom. The van der Waals surface area contributed by atoms with E-state index in [1.165, 1.54) is 5.57 Å². The fourth-order valence-corrected chi connectivity index (χ4v) is 7.28. The van der Waals surface area contributed by atoms with E-state index in [0.29, 0.717) is 12.3 Å². The summed E-state index contributed by atoms with van der Waals surface area (Å²) in [6.45, 7) is 5.91. The average Bonchev–Trinajstić information content (AvgIpc) is 2.76. The lowest BCUT2D eigenvalue weighted by molar-refractivity contribution is -0.212. The van der Waals surface area contributed by atoms with E-state index in [-0.39, 0.29) is 29.1 Å². The van der Waals surface area contributed by atoms with E-state index >= 15 is 0 Å². The Balaban J connectivity index is 1.76. The number of aliphatic hydroxyl groups excluding tert-OH is 2. The minimum Gasteiger partial charge on any atom is -0.393 e. The number of aliphatic hydroxyl groups is 3. The smallest absolute Gasteiger partial charge is 0.133 e. The van der Waals surface area contributed by atoms with Gasteiger partial charge in [0.15, 0.2) is 0 Å². The lowest BCUT2D eigenvalue weighted by atomic mass is 9.45. The topological polar surface area (TPSA) is 77.8 Å². The number of hydrogen-bond donors (Lipinski definition) is 3. The molecule has 0 amide bonds. The van der Waals surface area contributed by atoms with E-state index in [1.807, 2.05) is 6.92 Å². The summed E-state index contributed by atoms with van der Waals surface area (Å²) in [4.78, 5) is 12.2. The number of rotatable bonds is 1. The van der Waals surface area contributed by atoms with Gasteiger partial charge in [-0.25, -0.2) is 0 Å². The second kappa shape index (κ2) is 5.40. The van der Waals surface area contributed by atoms with E-state index < -0.39 is 17.1 Å². The molecule has 0 aliphatic heterocycles. The van der Waals surface area contributed by atoms with Crippen LogP contribution in [0.4, 0.5) is 0 Å². The molecule has 25 heavy (non-hydrogen) atoms. The molecule has 4 heteroatoms. The third kappa shape index (κ3) is 2.08. The molecule has 0 radical (unpaired) electrons. The third-order valence-electron chi connectivity index (χ3n) is 8.79. The van der Waals surface area contributed by atoms with Gasteiger partial charge in [0.05, 0.1) is 17.8 Å². The van der Waals surface area contributed by atoms with Gasteiger partial charge in [-0.3, -0.25) is 4.79 Å². The molecule has 0 aromatic rings. The minimum atomic E-state index is -1.19. The van der Waals surface area contributed by atoms with Crippen molar-refractivity contribution in [1.29, 1.82) is 0 Å². The number of ketones is 1. The first-order valence-electron chi connectivity index (χ1n) is 9.93. The number of carbonyl (C=O) groups excluding carboxylic acids is 1. The molecule has 0 bridgehead atoms. The van der Waals surface area contributed by atoms with Gasteiger partial charge in [0, 0.05) is 11.3 Å². The predicted octanol–water partition coefficient (Wildman–Crippen LogP) is 2.60. The van der Waals surface area contributed by atoms with Crippen LogP contribution in [0.2, 0.25) is 0 Å². The van der Waals surface area contributed by atoms with Crippen LogP contribution in [0.25, 0.3) is 0 Å². The maximum Gasteiger partial charge on any atom is 0.133 e. The average molecular weight is 348 g/mol. The van der Waals surface area contributed by atoms with Gasteiger partial charge in [0.25, 0.3) is 0 Å². The summed E-state index contributed by atoms with van der Waals surface area (Å²) in [7, 11) is 0. The molecule has 4 aliphatic rings. The van der Waals surface area contributed by atoms with E-state index in [9.17, 15) is 20.1 Å². The number of fused-ring (bicyclic) bond motifs is 5. The van der Waals surface area contributed by atoms with Gasteiger partial charge in [-0.2, -0.15) is 0 Å². The number of hydrogen-bond acceptors (Lipinski definition) is 4. The molecular formula is C21H32O4. The van der Waals surface area contributed by atoms with Crippen molar-refractivity contribution in [2.75, 3.05) is 0 Å². The molecule has 4 nitrogen and oxygen atoms in total. The van der Waals surface area contributed by atoms with Crippen LogP contribution in [0.3, 0.4) is 0 Å². The first-order chi connectivity index (χ1) is 11.6. The van der Waals surface area contributed by atoms with Crippen molar-refractivity contribution in [2.24, 2.45) is 28.6 Å². The van der Waals surface area contributed by atoms with E-state index in [4.69, 9.17) is 0 Å². The summed E-state index contributed by atoms with van der Waals surface area (Å²) in [6, 6.07) is 0. The van der Waals surface area contributed by atoms with Crippen molar-refractivity contribution in [3.05, 3.63) is 11.6 Å². The monoisotopic (exact) mass is 348 g/mol. The van der Waals surface area contributed by atoms with Crippen LogP contribution < -0.4 is 0 Å². The fourth-order valence-electron chi connectivity index (χ4n) is 7.28. The first kappa shape index (κ1) is 17.7. The highest BCUT2D eigenvalue weighted by molar-refractivity contribution is 5.80. The molecule has 4 rings (SSSR count). The van der Waals surface area contributed by atoms with Gasteiger partial charge >= 0.3 is 0 Å². The van der Waals surface area contributed by atoms with Crippen molar-refractivity contribution in [2.45, 2.75) is 83.5 Å². The third-order valence-corrected chi connectivity index (χ3v) is 8.79. The van der Waals surface area contributed by atoms with Crippen LogP contribution in [-0.2, 0) is 4.79 Å². The summed E-state index contributed by atoms with van der Waals surface area (Å²) < 4.78 is 0. The maximum absolute atomic E-state index is 12.2. The lowest BCUT2D eigenvalue weighted by Crippen LogP contribution is -2.64. The molecule has 0 spiro atoms. The van der Waals surface area contributed by atoms with Gasteiger partial charge in [-0.15, -0.1) is 0 Å². The number of allylic oxidation sites excluding steroid dienone is 1. The SMILES string of the molecule is CC(=O)[C@H]1C[C@H](O)[C@]2(O)[C@H]3CC=C4C[C@@H](O)CC[C@]4(C)[C@@H]3CC[C@]12C. The molecule has 0 heterocycles. The van der Waals surface area contributed by atoms with Crippen molar-refractivity contribution in [3.8, 4) is 0 Å². The zero-order valence-corrected chi connectivity index (χ0v) is 15.7. The van der Waals surface area contributed by atoms with E-state index in [1.54, 1.807) is 6.92 Å². The molecule has 0 unspecified atom stereocenters. The van der Waals surface area contributed by atoms with Crippen LogP contribution in [0, 0.1) is 28.6 Å². The second-order valence-corrected chi connectivity index (χ2v) is 9.69. The molecule has 0 aromatic carbocycles. The highest BCUT2D eigenvalue weighted by Crippen LogP contribution is 2.67. The van der Waals surface area contributed by atoms with Gasteiger partial charge < -0.3 is 15.3 Å². The normalized spacial score (nSPS) is 55.0. The first-order valence-corrected chi connectivity index (χ1v) is 9.93. The van der Waals surface area contributed by atoms with Crippen LogP contribution in [-0.4, -0.2) is 38.9 Å². The van der Waals surface area contributed by atoms with E-state index in [2.05, 4.69) is 13.0 Å². The highest BCUT2D eigenvalue weighted by Gasteiger charge is 2.70. The molecule has 8 atom stereocenters.